The number of hydrogen-bond acceptors (Lipinski definition) is 6. The van der Waals surface area contributed by atoms with Crippen LogP contribution in [0.2, 0.25) is 0 Å². The van der Waals surface area contributed by atoms with Crippen molar-refractivity contribution >= 4 is 11.8 Å². The molecule has 0 spiro atoms. The minimum Gasteiger partial charge on any atom is -0.450 e. The van der Waals surface area contributed by atoms with Crippen molar-refractivity contribution in [3.05, 3.63) is 0 Å². The van der Waals surface area contributed by atoms with Crippen molar-refractivity contribution in [3.8, 4) is 0 Å². The molecule has 6 nitrogen and oxygen atoms in total. The summed E-state index contributed by atoms with van der Waals surface area (Å²) in [4.78, 5) is 23.3. The van der Waals surface area contributed by atoms with Gasteiger partial charge in [0, 0.05) is 0 Å². The van der Waals surface area contributed by atoms with Crippen LogP contribution >= 0.6 is 0 Å². The topological polar surface area (TPSA) is 93.1 Å². The summed E-state index contributed by atoms with van der Waals surface area (Å²) in [5.41, 5.74) is 0. The first-order valence-corrected chi connectivity index (χ1v) is 12.2. The van der Waals surface area contributed by atoms with Crippen molar-refractivity contribution in [1.29, 1.82) is 0 Å². The Labute approximate surface area is 182 Å². The first kappa shape index (κ1) is 27.1. The fourth-order valence-electron chi connectivity index (χ4n) is 3.98. The number of cyclic esters (lactones) is 1. The second-order valence-electron chi connectivity index (χ2n) is 8.74. The molecule has 0 radical (unpaired) electrons. The summed E-state index contributed by atoms with van der Waals surface area (Å²) >= 11 is 0. The molecule has 0 amide bonds. The summed E-state index contributed by atoms with van der Waals surface area (Å²) < 4.78 is 10.5. The molecule has 1 saturated heterocycles. The fourth-order valence-corrected chi connectivity index (χ4v) is 3.98. The number of ketones is 1. The highest BCUT2D eigenvalue weighted by Gasteiger charge is 2.48. The maximum atomic E-state index is 11.9. The third-order valence-corrected chi connectivity index (χ3v) is 5.91. The second-order valence-corrected chi connectivity index (χ2v) is 8.74. The number of hydrogen-bond donors (Lipinski definition) is 2. The highest BCUT2D eigenvalue weighted by Crippen LogP contribution is 2.22. The fraction of sp³-hybridized carbons (Fsp3) is 0.917. The zero-order chi connectivity index (χ0) is 22.2. The highest BCUT2D eigenvalue weighted by atomic mass is 16.6. The van der Waals surface area contributed by atoms with Gasteiger partial charge in [0.15, 0.2) is 12.2 Å². The van der Waals surface area contributed by atoms with E-state index in [1.807, 2.05) is 6.92 Å². The number of carbonyl (C=O) groups excluding carboxylic acids is 2. The zero-order valence-corrected chi connectivity index (χ0v) is 19.2. The Hall–Kier alpha value is -0.980. The molecule has 0 aliphatic carbocycles. The van der Waals surface area contributed by atoms with Crippen molar-refractivity contribution < 1.29 is 29.3 Å². The quantitative estimate of drug-likeness (QED) is 0.179. The molecule has 6 heteroatoms. The monoisotopic (exact) mass is 428 g/mol. The van der Waals surface area contributed by atoms with Crippen LogP contribution in [0.5, 0.6) is 0 Å². The number of carbonyl (C=O) groups is 2. The van der Waals surface area contributed by atoms with Crippen molar-refractivity contribution in [2.24, 2.45) is 0 Å². The number of esters is 1. The predicted molar refractivity (Wildman–Crippen MR) is 117 cm³/mol. The molecular formula is C24H44O6. The van der Waals surface area contributed by atoms with Gasteiger partial charge >= 0.3 is 5.97 Å². The summed E-state index contributed by atoms with van der Waals surface area (Å²) in [6, 6.07) is 0. The van der Waals surface area contributed by atoms with Gasteiger partial charge in [-0.3, -0.25) is 4.79 Å². The summed E-state index contributed by atoms with van der Waals surface area (Å²) in [6.07, 6.45) is 15.3. The van der Waals surface area contributed by atoms with E-state index in [1.165, 1.54) is 77.0 Å². The van der Waals surface area contributed by atoms with E-state index >= 15 is 0 Å². The van der Waals surface area contributed by atoms with E-state index in [4.69, 9.17) is 14.6 Å². The van der Waals surface area contributed by atoms with Crippen LogP contribution in [0.1, 0.15) is 110 Å². The summed E-state index contributed by atoms with van der Waals surface area (Å²) in [6.45, 7) is 3.53. The first-order valence-electron chi connectivity index (χ1n) is 12.2. The van der Waals surface area contributed by atoms with Crippen LogP contribution in [-0.4, -0.2) is 53.0 Å². The molecule has 176 valence electrons. The Balaban J connectivity index is 2.00. The normalized spacial score (nSPS) is 21.1. The van der Waals surface area contributed by atoms with Crippen molar-refractivity contribution in [3.63, 3.8) is 0 Å². The van der Waals surface area contributed by atoms with Gasteiger partial charge in [-0.1, -0.05) is 96.8 Å². The first-order chi connectivity index (χ1) is 14.5. The van der Waals surface area contributed by atoms with Crippen molar-refractivity contribution in [2.75, 3.05) is 6.61 Å². The SMILES string of the molecule is CCCCCCCCCCCCCCCCC(C)OC1C(=O)C(=O)O[C@@H]1[C@@H](O)CO. The number of aliphatic hydroxyl groups is 2. The van der Waals surface area contributed by atoms with Gasteiger partial charge in [-0.15, -0.1) is 0 Å². The number of Topliss-reactive ketones (excluding diaryl/α,β-unsaturated/α-hetero) is 1. The number of rotatable bonds is 19. The van der Waals surface area contributed by atoms with Crippen LogP contribution in [0.4, 0.5) is 0 Å². The van der Waals surface area contributed by atoms with Gasteiger partial charge in [0.25, 0.3) is 5.78 Å². The van der Waals surface area contributed by atoms with Gasteiger partial charge in [-0.25, -0.2) is 4.79 Å². The minimum absolute atomic E-state index is 0.209. The molecule has 1 rings (SSSR count). The van der Waals surface area contributed by atoms with E-state index in [0.29, 0.717) is 0 Å². The van der Waals surface area contributed by atoms with Crippen LogP contribution < -0.4 is 0 Å². The molecule has 0 bridgehead atoms. The molecule has 0 aromatic rings. The van der Waals surface area contributed by atoms with Gasteiger partial charge in [0.05, 0.1) is 12.7 Å². The van der Waals surface area contributed by atoms with Crippen LogP contribution in [0.25, 0.3) is 0 Å². The van der Waals surface area contributed by atoms with Crippen LogP contribution in [0.3, 0.4) is 0 Å². The zero-order valence-electron chi connectivity index (χ0n) is 19.2. The van der Waals surface area contributed by atoms with Crippen molar-refractivity contribution in [1.82, 2.24) is 0 Å². The summed E-state index contributed by atoms with van der Waals surface area (Å²) in [5, 5.41) is 18.8. The van der Waals surface area contributed by atoms with Crippen LogP contribution in [0.15, 0.2) is 0 Å². The molecule has 30 heavy (non-hydrogen) atoms. The standard InChI is InChI=1S/C24H44O6/c1-3-4-5-6-7-8-9-10-11-12-13-14-15-16-17-19(2)29-23-21(27)24(28)30-22(23)20(26)18-25/h19-20,22-23,25-26H,3-18H2,1-2H3/t19?,20-,22+,23?/m0/s1. The van der Waals surface area contributed by atoms with Crippen LogP contribution in [0, 0.1) is 0 Å². The highest BCUT2D eigenvalue weighted by molar-refractivity contribution is 6.37. The molecule has 1 aliphatic rings. The molecule has 1 heterocycles. The molecule has 0 aromatic carbocycles. The molecule has 1 fully saturated rings. The predicted octanol–water partition coefficient (Wildman–Crippen LogP) is 4.48. The smallest absolute Gasteiger partial charge is 0.378 e. The molecule has 2 N–H and O–H groups in total. The van der Waals surface area contributed by atoms with E-state index in [-0.39, 0.29) is 6.10 Å². The maximum Gasteiger partial charge on any atom is 0.378 e. The van der Waals surface area contributed by atoms with Gasteiger partial charge in [-0.05, 0) is 13.3 Å². The van der Waals surface area contributed by atoms with E-state index in [1.54, 1.807) is 0 Å². The minimum atomic E-state index is -1.31. The number of unbranched alkanes of at least 4 members (excludes halogenated alkanes) is 13. The molecule has 4 atom stereocenters. The second kappa shape index (κ2) is 16.7. The third kappa shape index (κ3) is 10.9. The molecule has 1 aliphatic heterocycles. The molecule has 0 aromatic heterocycles. The third-order valence-electron chi connectivity index (χ3n) is 5.91. The number of aliphatic hydroxyl groups excluding tert-OH is 2. The molecule has 0 saturated carbocycles. The maximum absolute atomic E-state index is 11.9. The van der Waals surface area contributed by atoms with Gasteiger partial charge < -0.3 is 19.7 Å². The Kier molecular flexibility index (Phi) is 15.0. The Bertz CT molecular complexity index is 467. The largest absolute Gasteiger partial charge is 0.450 e. The van der Waals surface area contributed by atoms with E-state index in [9.17, 15) is 14.7 Å². The lowest BCUT2D eigenvalue weighted by Gasteiger charge is -2.23. The average molecular weight is 429 g/mol. The van der Waals surface area contributed by atoms with E-state index < -0.39 is 36.7 Å². The van der Waals surface area contributed by atoms with Crippen LogP contribution in [-0.2, 0) is 19.1 Å². The molecule has 2 unspecified atom stereocenters. The van der Waals surface area contributed by atoms with Gasteiger partial charge in [-0.2, -0.15) is 0 Å². The Morgan fingerprint density at radius 1 is 0.867 bits per heavy atom. The van der Waals surface area contributed by atoms with Gasteiger partial charge in [0.1, 0.15) is 6.10 Å². The Morgan fingerprint density at radius 2 is 1.33 bits per heavy atom. The van der Waals surface area contributed by atoms with E-state index in [0.717, 1.165) is 19.3 Å². The molecular weight excluding hydrogens is 384 g/mol. The number of ether oxygens (including phenoxy) is 2. The lowest BCUT2D eigenvalue weighted by molar-refractivity contribution is -0.152. The lowest BCUT2D eigenvalue weighted by Crippen LogP contribution is -2.42. The average Bonchev–Trinajstić information content (AvgIpc) is 3.01. The van der Waals surface area contributed by atoms with E-state index in [2.05, 4.69) is 6.92 Å². The van der Waals surface area contributed by atoms with Gasteiger partial charge in [0.2, 0.25) is 0 Å². The lowest BCUT2D eigenvalue weighted by atomic mass is 10.0. The summed E-state index contributed by atoms with van der Waals surface area (Å²) in [5.74, 6) is -1.78. The van der Waals surface area contributed by atoms with Crippen molar-refractivity contribution in [2.45, 2.75) is 135 Å². The summed E-state index contributed by atoms with van der Waals surface area (Å²) in [7, 11) is 0. The Morgan fingerprint density at radius 3 is 1.80 bits per heavy atom.